The van der Waals surface area contributed by atoms with Crippen molar-refractivity contribution in [1.82, 2.24) is 0 Å². The van der Waals surface area contributed by atoms with Gasteiger partial charge in [-0.3, -0.25) is 0 Å². The first-order valence-corrected chi connectivity index (χ1v) is 10.0. The average Bonchev–Trinajstić information content (AvgIpc) is 3.26. The van der Waals surface area contributed by atoms with Gasteiger partial charge >= 0.3 is 0 Å². The third-order valence-corrected chi connectivity index (χ3v) is 5.77. The van der Waals surface area contributed by atoms with Gasteiger partial charge in [-0.2, -0.15) is 0 Å². The van der Waals surface area contributed by atoms with Crippen LogP contribution in [0.5, 0.6) is 0 Å². The Balaban J connectivity index is 1.77. The summed E-state index contributed by atoms with van der Waals surface area (Å²) >= 11 is 0. The summed E-state index contributed by atoms with van der Waals surface area (Å²) in [5, 5.41) is 41.1. The van der Waals surface area contributed by atoms with Gasteiger partial charge in [-0.15, -0.1) is 0 Å². The van der Waals surface area contributed by atoms with Crippen LogP contribution in [0.25, 0.3) is 0 Å². The molecule has 29 heavy (non-hydrogen) atoms. The van der Waals surface area contributed by atoms with Crippen molar-refractivity contribution in [3.63, 3.8) is 0 Å². The molecule has 2 aliphatic rings. The second kappa shape index (κ2) is 8.41. The Labute approximate surface area is 170 Å². The van der Waals surface area contributed by atoms with Gasteiger partial charge < -0.3 is 25.2 Å². The van der Waals surface area contributed by atoms with Gasteiger partial charge in [0.25, 0.3) is 0 Å². The average molecular weight is 394 g/mol. The molecule has 4 atom stereocenters. The third kappa shape index (κ3) is 3.94. The van der Waals surface area contributed by atoms with Crippen LogP contribution in [0.2, 0.25) is 0 Å². The van der Waals surface area contributed by atoms with Crippen LogP contribution in [0.4, 0.5) is 0 Å². The SMILES string of the molecule is OC1=C(C(OC(C2=C(O)C(O)CC2)c2ccccc2)c2ccccc2)CCC1O. The molecule has 0 aromatic heterocycles. The van der Waals surface area contributed by atoms with E-state index in [1.165, 1.54) is 0 Å². The van der Waals surface area contributed by atoms with Crippen LogP contribution in [0.3, 0.4) is 0 Å². The first-order chi connectivity index (χ1) is 14.1. The van der Waals surface area contributed by atoms with Gasteiger partial charge in [0.1, 0.15) is 35.9 Å². The highest BCUT2D eigenvalue weighted by Gasteiger charge is 2.36. The monoisotopic (exact) mass is 394 g/mol. The van der Waals surface area contributed by atoms with Crippen molar-refractivity contribution in [2.75, 3.05) is 0 Å². The molecule has 2 aliphatic carbocycles. The van der Waals surface area contributed by atoms with Gasteiger partial charge in [-0.1, -0.05) is 60.7 Å². The molecule has 5 nitrogen and oxygen atoms in total. The lowest BCUT2D eigenvalue weighted by molar-refractivity contribution is 0.0194. The van der Waals surface area contributed by atoms with E-state index in [1.54, 1.807) is 0 Å². The maximum atomic E-state index is 10.5. The number of benzene rings is 2. The number of aliphatic hydroxyl groups excluding tert-OH is 4. The second-order valence-corrected chi connectivity index (χ2v) is 7.65. The fourth-order valence-electron chi connectivity index (χ4n) is 4.19. The fraction of sp³-hybridized carbons (Fsp3) is 0.333. The third-order valence-electron chi connectivity index (χ3n) is 5.77. The Morgan fingerprint density at radius 3 is 1.34 bits per heavy atom. The van der Waals surface area contributed by atoms with Crippen LogP contribution in [0, 0.1) is 0 Å². The molecule has 0 aliphatic heterocycles. The summed E-state index contributed by atoms with van der Waals surface area (Å²) in [6, 6.07) is 19.1. The molecule has 5 heteroatoms. The molecule has 0 radical (unpaired) electrons. The van der Waals surface area contributed by atoms with Gasteiger partial charge in [-0.25, -0.2) is 0 Å². The summed E-state index contributed by atoms with van der Waals surface area (Å²) < 4.78 is 6.57. The molecule has 0 amide bonds. The molecule has 2 aromatic rings. The number of aliphatic hydroxyl groups is 4. The first-order valence-electron chi connectivity index (χ1n) is 10.0. The lowest BCUT2D eigenvalue weighted by Gasteiger charge is -2.28. The normalized spacial score (nSPS) is 24.2. The summed E-state index contributed by atoms with van der Waals surface area (Å²) in [6.07, 6.45) is -0.934. The van der Waals surface area contributed by atoms with E-state index in [0.29, 0.717) is 36.8 Å². The zero-order valence-corrected chi connectivity index (χ0v) is 16.1. The predicted molar refractivity (Wildman–Crippen MR) is 109 cm³/mol. The minimum atomic E-state index is -0.879. The molecule has 0 spiro atoms. The zero-order valence-electron chi connectivity index (χ0n) is 16.1. The van der Waals surface area contributed by atoms with Crippen molar-refractivity contribution >= 4 is 0 Å². The quantitative estimate of drug-likeness (QED) is 0.582. The van der Waals surface area contributed by atoms with E-state index < -0.39 is 24.4 Å². The smallest absolute Gasteiger partial charge is 0.123 e. The van der Waals surface area contributed by atoms with Crippen molar-refractivity contribution in [3.05, 3.63) is 94.5 Å². The number of ether oxygens (including phenoxy) is 1. The summed E-state index contributed by atoms with van der Waals surface area (Å²) in [6.45, 7) is 0. The van der Waals surface area contributed by atoms with Gasteiger partial charge in [0.05, 0.1) is 0 Å². The summed E-state index contributed by atoms with van der Waals surface area (Å²) in [4.78, 5) is 0. The van der Waals surface area contributed by atoms with Crippen molar-refractivity contribution < 1.29 is 25.2 Å². The highest BCUT2D eigenvalue weighted by Crippen LogP contribution is 2.44. The van der Waals surface area contributed by atoms with E-state index in [0.717, 1.165) is 11.1 Å². The highest BCUT2D eigenvalue weighted by atomic mass is 16.5. The van der Waals surface area contributed by atoms with Gasteiger partial charge in [-0.05, 0) is 36.8 Å². The first kappa shape index (κ1) is 19.7. The van der Waals surface area contributed by atoms with Crippen molar-refractivity contribution in [3.8, 4) is 0 Å². The second-order valence-electron chi connectivity index (χ2n) is 7.65. The van der Waals surface area contributed by atoms with E-state index in [-0.39, 0.29) is 11.5 Å². The molecule has 0 saturated carbocycles. The number of hydrogen-bond donors (Lipinski definition) is 4. The predicted octanol–water partition coefficient (Wildman–Crippen LogP) is 4.42. The zero-order chi connectivity index (χ0) is 20.4. The molecule has 4 rings (SSSR count). The lowest BCUT2D eigenvalue weighted by atomic mass is 9.96. The minimum Gasteiger partial charge on any atom is -0.509 e. The molecule has 0 bridgehead atoms. The highest BCUT2D eigenvalue weighted by molar-refractivity contribution is 5.35. The van der Waals surface area contributed by atoms with E-state index in [9.17, 15) is 20.4 Å². The topological polar surface area (TPSA) is 90.2 Å². The molecular weight excluding hydrogens is 368 g/mol. The van der Waals surface area contributed by atoms with Crippen molar-refractivity contribution in [2.45, 2.75) is 50.1 Å². The van der Waals surface area contributed by atoms with Gasteiger partial charge in [0, 0.05) is 11.1 Å². The van der Waals surface area contributed by atoms with E-state index in [1.807, 2.05) is 60.7 Å². The van der Waals surface area contributed by atoms with Crippen LogP contribution in [0.1, 0.15) is 49.0 Å². The van der Waals surface area contributed by atoms with Crippen LogP contribution < -0.4 is 0 Å². The largest absolute Gasteiger partial charge is 0.509 e. The van der Waals surface area contributed by atoms with E-state index in [2.05, 4.69) is 0 Å². The molecule has 152 valence electrons. The van der Waals surface area contributed by atoms with Crippen LogP contribution in [-0.4, -0.2) is 32.6 Å². The maximum absolute atomic E-state index is 10.5. The Bertz CT molecular complexity index is 828. The molecule has 2 aromatic carbocycles. The Kier molecular flexibility index (Phi) is 5.72. The Hall–Kier alpha value is -2.60. The molecule has 4 unspecified atom stereocenters. The van der Waals surface area contributed by atoms with Crippen LogP contribution in [0.15, 0.2) is 83.3 Å². The Morgan fingerprint density at radius 2 is 1.03 bits per heavy atom. The van der Waals surface area contributed by atoms with Crippen molar-refractivity contribution in [2.24, 2.45) is 0 Å². The summed E-state index contributed by atoms with van der Waals surface area (Å²) in [7, 11) is 0. The van der Waals surface area contributed by atoms with Crippen molar-refractivity contribution in [1.29, 1.82) is 0 Å². The lowest BCUT2D eigenvalue weighted by Crippen LogP contribution is -2.16. The van der Waals surface area contributed by atoms with Crippen LogP contribution >= 0.6 is 0 Å². The number of hydrogen-bond acceptors (Lipinski definition) is 5. The number of rotatable bonds is 6. The molecule has 4 N–H and O–H groups in total. The molecular formula is C24H26O5. The molecule has 0 fully saturated rings. The summed E-state index contributed by atoms with van der Waals surface area (Å²) in [5.41, 5.74) is 3.04. The van der Waals surface area contributed by atoms with Gasteiger partial charge in [0.15, 0.2) is 0 Å². The Morgan fingerprint density at radius 1 is 0.655 bits per heavy atom. The minimum absolute atomic E-state index is 0.0321. The van der Waals surface area contributed by atoms with E-state index in [4.69, 9.17) is 4.74 Å². The molecule has 0 saturated heterocycles. The maximum Gasteiger partial charge on any atom is 0.123 e. The fourth-order valence-corrected chi connectivity index (χ4v) is 4.19. The molecule has 0 heterocycles. The van der Waals surface area contributed by atoms with Crippen LogP contribution in [-0.2, 0) is 4.74 Å². The van der Waals surface area contributed by atoms with E-state index >= 15 is 0 Å². The summed E-state index contributed by atoms with van der Waals surface area (Å²) in [5.74, 6) is -0.0642. The van der Waals surface area contributed by atoms with Gasteiger partial charge in [0.2, 0.25) is 0 Å². The standard InChI is InChI=1S/C24H26O5/c25-19-13-11-17(21(19)27)23(15-7-3-1-4-8-15)29-24(16-9-5-2-6-10-16)18-12-14-20(26)22(18)28/h1-10,19-20,23-28H,11-14H2.